The van der Waals surface area contributed by atoms with Gasteiger partial charge in [0.25, 0.3) is 5.91 Å². The van der Waals surface area contributed by atoms with Gasteiger partial charge in [0, 0.05) is 25.7 Å². The summed E-state index contributed by atoms with van der Waals surface area (Å²) in [4.78, 5) is 16.6. The molecule has 1 aromatic heterocycles. The maximum Gasteiger partial charge on any atom is 0.289 e. The van der Waals surface area contributed by atoms with Crippen LogP contribution in [0.2, 0.25) is 0 Å². The second-order valence-electron chi connectivity index (χ2n) is 7.02. The zero-order valence-corrected chi connectivity index (χ0v) is 14.8. The normalized spacial score (nSPS) is 26.8. The number of carbonyl (C=O) groups is 1. The van der Waals surface area contributed by atoms with Crippen LogP contribution >= 0.6 is 0 Å². The van der Waals surface area contributed by atoms with Crippen molar-refractivity contribution in [1.82, 2.24) is 9.80 Å². The lowest BCUT2D eigenvalue weighted by molar-refractivity contribution is 0.0271. The van der Waals surface area contributed by atoms with Crippen LogP contribution in [-0.4, -0.2) is 72.5 Å². The predicted molar refractivity (Wildman–Crippen MR) is 88.3 cm³/mol. The van der Waals surface area contributed by atoms with E-state index in [1.165, 1.54) is 6.07 Å². The Morgan fingerprint density at radius 2 is 2.00 bits per heavy atom. The molecule has 134 valence electrons. The summed E-state index contributed by atoms with van der Waals surface area (Å²) in [5.41, 5.74) is 0. The van der Waals surface area contributed by atoms with Gasteiger partial charge in [-0.1, -0.05) is 13.8 Å². The zero-order valence-electron chi connectivity index (χ0n) is 14.0. The first-order valence-electron chi connectivity index (χ1n) is 8.25. The van der Waals surface area contributed by atoms with Crippen molar-refractivity contribution in [2.75, 3.05) is 31.1 Å². The monoisotopic (exact) mass is 356 g/mol. The number of rotatable bonds is 4. The molecular formula is C16H24N2O5S. The topological polar surface area (TPSA) is 91.1 Å². The molecule has 2 fully saturated rings. The summed E-state index contributed by atoms with van der Waals surface area (Å²) in [6, 6.07) is 2.61. The standard InChI is InChI=1S/C16H24N2O5S/c1-11(2)7-17-5-6-18(14-10-24(21,22)9-13(14)17)16(20)15-4-3-12(8-19)23-15/h3-4,11,13-14,19H,5-10H2,1-2H3/t13-,14+/m0/s1. The molecular weight excluding hydrogens is 332 g/mol. The van der Waals surface area contributed by atoms with E-state index >= 15 is 0 Å². The van der Waals surface area contributed by atoms with Crippen molar-refractivity contribution in [2.45, 2.75) is 32.5 Å². The molecule has 0 spiro atoms. The number of sulfone groups is 1. The number of hydrogen-bond donors (Lipinski definition) is 1. The van der Waals surface area contributed by atoms with E-state index < -0.39 is 9.84 Å². The molecule has 0 unspecified atom stereocenters. The first-order chi connectivity index (χ1) is 11.3. The lowest BCUT2D eigenvalue weighted by Crippen LogP contribution is -2.61. The Labute approximate surface area is 142 Å². The van der Waals surface area contributed by atoms with Gasteiger partial charge in [-0.05, 0) is 18.1 Å². The quantitative estimate of drug-likeness (QED) is 0.837. The third kappa shape index (κ3) is 3.36. The molecule has 3 heterocycles. The van der Waals surface area contributed by atoms with Crippen molar-refractivity contribution >= 4 is 15.7 Å². The predicted octanol–water partition coefficient (Wildman–Crippen LogP) is 0.351. The Morgan fingerprint density at radius 3 is 2.62 bits per heavy atom. The minimum absolute atomic E-state index is 0.00552. The molecule has 1 aromatic rings. The average molecular weight is 356 g/mol. The Hall–Kier alpha value is -1.38. The summed E-state index contributed by atoms with van der Waals surface area (Å²) in [5, 5.41) is 9.08. The van der Waals surface area contributed by atoms with Gasteiger partial charge in [-0.25, -0.2) is 8.42 Å². The van der Waals surface area contributed by atoms with E-state index in [9.17, 15) is 13.2 Å². The van der Waals surface area contributed by atoms with Gasteiger partial charge in [0.1, 0.15) is 12.4 Å². The number of amides is 1. The van der Waals surface area contributed by atoms with Crippen LogP contribution in [0.1, 0.15) is 30.2 Å². The number of aliphatic hydroxyl groups is 1. The molecule has 0 aliphatic carbocycles. The van der Waals surface area contributed by atoms with Gasteiger partial charge in [0.2, 0.25) is 0 Å². The van der Waals surface area contributed by atoms with E-state index in [2.05, 4.69) is 18.7 Å². The number of aliphatic hydroxyl groups excluding tert-OH is 1. The fourth-order valence-corrected chi connectivity index (χ4v) is 5.70. The van der Waals surface area contributed by atoms with Gasteiger partial charge < -0.3 is 14.4 Å². The number of carbonyl (C=O) groups excluding carboxylic acids is 1. The summed E-state index contributed by atoms with van der Waals surface area (Å²) in [6.07, 6.45) is 0. The number of furan rings is 1. The lowest BCUT2D eigenvalue weighted by atomic mass is 10.0. The minimum Gasteiger partial charge on any atom is -0.453 e. The first-order valence-corrected chi connectivity index (χ1v) is 10.1. The summed E-state index contributed by atoms with van der Waals surface area (Å²) in [5.74, 6) is 0.728. The number of hydrogen-bond acceptors (Lipinski definition) is 6. The van der Waals surface area contributed by atoms with Gasteiger partial charge in [0.15, 0.2) is 15.6 Å². The van der Waals surface area contributed by atoms with Crippen LogP contribution < -0.4 is 0 Å². The van der Waals surface area contributed by atoms with Crippen LogP contribution in [0.4, 0.5) is 0 Å². The van der Waals surface area contributed by atoms with Gasteiger partial charge in [0.05, 0.1) is 17.5 Å². The van der Waals surface area contributed by atoms with Crippen LogP contribution in [0.5, 0.6) is 0 Å². The SMILES string of the molecule is CC(C)CN1CCN(C(=O)c2ccc(CO)o2)[C@@H]2CS(=O)(=O)C[C@@H]21. The van der Waals surface area contributed by atoms with Crippen molar-refractivity contribution < 1.29 is 22.7 Å². The van der Waals surface area contributed by atoms with Crippen molar-refractivity contribution in [3.8, 4) is 0 Å². The Bertz CT molecular complexity index is 712. The lowest BCUT2D eigenvalue weighted by Gasteiger charge is -2.44. The third-order valence-electron chi connectivity index (χ3n) is 4.68. The van der Waals surface area contributed by atoms with E-state index in [-0.39, 0.29) is 41.9 Å². The maximum atomic E-state index is 12.7. The van der Waals surface area contributed by atoms with Crippen molar-refractivity contribution in [3.63, 3.8) is 0 Å². The molecule has 8 heteroatoms. The average Bonchev–Trinajstić information content (AvgIpc) is 3.09. The van der Waals surface area contributed by atoms with Crippen LogP contribution in [0.25, 0.3) is 0 Å². The largest absolute Gasteiger partial charge is 0.453 e. The van der Waals surface area contributed by atoms with E-state index in [0.29, 0.717) is 24.8 Å². The molecule has 7 nitrogen and oxygen atoms in total. The van der Waals surface area contributed by atoms with Crippen molar-refractivity contribution in [2.24, 2.45) is 5.92 Å². The summed E-state index contributed by atoms with van der Waals surface area (Å²) in [6.45, 7) is 5.92. The van der Waals surface area contributed by atoms with Gasteiger partial charge >= 0.3 is 0 Å². The van der Waals surface area contributed by atoms with E-state index in [1.54, 1.807) is 11.0 Å². The highest BCUT2D eigenvalue weighted by Gasteiger charge is 2.48. The number of nitrogens with zero attached hydrogens (tertiary/aromatic N) is 2. The molecule has 0 radical (unpaired) electrons. The number of fused-ring (bicyclic) bond motifs is 1. The van der Waals surface area contributed by atoms with Crippen LogP contribution in [0.15, 0.2) is 16.5 Å². The number of piperazine rings is 1. The molecule has 2 saturated heterocycles. The van der Waals surface area contributed by atoms with Crippen LogP contribution in [0, 0.1) is 5.92 Å². The summed E-state index contributed by atoms with van der Waals surface area (Å²) >= 11 is 0. The maximum absolute atomic E-state index is 12.7. The van der Waals surface area contributed by atoms with Gasteiger partial charge in [-0.15, -0.1) is 0 Å². The van der Waals surface area contributed by atoms with Crippen LogP contribution in [-0.2, 0) is 16.4 Å². The molecule has 24 heavy (non-hydrogen) atoms. The molecule has 2 aliphatic heterocycles. The Kier molecular flexibility index (Phi) is 4.72. The highest BCUT2D eigenvalue weighted by Crippen LogP contribution is 2.29. The Balaban J connectivity index is 1.83. The van der Waals surface area contributed by atoms with E-state index in [4.69, 9.17) is 9.52 Å². The van der Waals surface area contributed by atoms with Gasteiger partial charge in [-0.2, -0.15) is 0 Å². The molecule has 1 N–H and O–H groups in total. The third-order valence-corrected chi connectivity index (χ3v) is 6.38. The second kappa shape index (κ2) is 6.50. The Morgan fingerprint density at radius 1 is 1.29 bits per heavy atom. The molecule has 0 saturated carbocycles. The fourth-order valence-electron chi connectivity index (χ4n) is 3.69. The molecule has 2 atom stereocenters. The van der Waals surface area contributed by atoms with E-state index in [0.717, 1.165) is 6.54 Å². The first kappa shape index (κ1) is 17.4. The van der Waals surface area contributed by atoms with Crippen LogP contribution in [0.3, 0.4) is 0 Å². The molecule has 2 aliphatic rings. The molecule has 1 amide bonds. The highest BCUT2D eigenvalue weighted by molar-refractivity contribution is 7.91. The minimum atomic E-state index is -3.15. The second-order valence-corrected chi connectivity index (χ2v) is 9.18. The zero-order chi connectivity index (χ0) is 17.5. The highest BCUT2D eigenvalue weighted by atomic mass is 32.2. The molecule has 0 aromatic carbocycles. The van der Waals surface area contributed by atoms with Crippen molar-refractivity contribution in [3.05, 3.63) is 23.7 Å². The fraction of sp³-hybridized carbons (Fsp3) is 0.688. The van der Waals surface area contributed by atoms with Gasteiger partial charge in [-0.3, -0.25) is 9.69 Å². The van der Waals surface area contributed by atoms with Crippen molar-refractivity contribution in [1.29, 1.82) is 0 Å². The molecule has 0 bridgehead atoms. The smallest absolute Gasteiger partial charge is 0.289 e. The van der Waals surface area contributed by atoms with E-state index in [1.807, 2.05) is 0 Å². The summed E-state index contributed by atoms with van der Waals surface area (Å²) < 4.78 is 29.7. The summed E-state index contributed by atoms with van der Waals surface area (Å²) in [7, 11) is -3.15. The molecule has 3 rings (SSSR count).